The Balaban J connectivity index is 2.09. The molecule has 98 valence electrons. The predicted molar refractivity (Wildman–Crippen MR) is 66.5 cm³/mol. The van der Waals surface area contributed by atoms with Gasteiger partial charge in [0.25, 0.3) is 0 Å². The summed E-state index contributed by atoms with van der Waals surface area (Å²) in [6, 6.07) is 0. The van der Waals surface area contributed by atoms with Gasteiger partial charge in [0.15, 0.2) is 0 Å². The van der Waals surface area contributed by atoms with Crippen molar-refractivity contribution in [2.24, 2.45) is 11.8 Å². The van der Waals surface area contributed by atoms with E-state index in [9.17, 15) is 9.59 Å². The van der Waals surface area contributed by atoms with Crippen LogP contribution in [0.2, 0.25) is 0 Å². The fourth-order valence-corrected chi connectivity index (χ4v) is 1.80. The highest BCUT2D eigenvalue weighted by Gasteiger charge is 2.20. The zero-order valence-corrected chi connectivity index (χ0v) is 10.7. The average Bonchev–Trinajstić information content (AvgIpc) is 2.35. The van der Waals surface area contributed by atoms with Gasteiger partial charge in [0, 0.05) is 25.6 Å². The van der Waals surface area contributed by atoms with Crippen LogP contribution in [0, 0.1) is 11.8 Å². The lowest BCUT2D eigenvalue weighted by Gasteiger charge is -2.21. The van der Waals surface area contributed by atoms with Crippen LogP contribution in [0.1, 0.15) is 26.7 Å². The zero-order chi connectivity index (χ0) is 12.7. The number of carbonyl (C=O) groups is 2. The fraction of sp³-hybridized carbons (Fsp3) is 0.833. The summed E-state index contributed by atoms with van der Waals surface area (Å²) in [5.74, 6) is 0.201. The SMILES string of the molecule is CC(C)C(=O)NCCNC(=O)C1CCCNC1. The molecule has 0 bridgehead atoms. The van der Waals surface area contributed by atoms with Crippen LogP contribution in [0.3, 0.4) is 0 Å². The molecule has 1 unspecified atom stereocenters. The molecule has 0 spiro atoms. The van der Waals surface area contributed by atoms with E-state index in [1.54, 1.807) is 0 Å². The molecule has 0 aromatic carbocycles. The Labute approximate surface area is 103 Å². The monoisotopic (exact) mass is 241 g/mol. The van der Waals surface area contributed by atoms with Crippen molar-refractivity contribution < 1.29 is 9.59 Å². The quantitative estimate of drug-likeness (QED) is 0.587. The minimum Gasteiger partial charge on any atom is -0.354 e. The molecule has 0 aliphatic carbocycles. The molecule has 1 aliphatic rings. The normalized spacial score (nSPS) is 20.1. The van der Waals surface area contributed by atoms with Gasteiger partial charge in [0.1, 0.15) is 0 Å². The third-order valence-electron chi connectivity index (χ3n) is 2.92. The van der Waals surface area contributed by atoms with E-state index in [0.717, 1.165) is 25.9 Å². The van der Waals surface area contributed by atoms with Crippen molar-refractivity contribution in [2.45, 2.75) is 26.7 Å². The molecule has 0 saturated carbocycles. The molecule has 3 N–H and O–H groups in total. The summed E-state index contributed by atoms with van der Waals surface area (Å²) in [7, 11) is 0. The van der Waals surface area contributed by atoms with E-state index in [1.165, 1.54) is 0 Å². The smallest absolute Gasteiger partial charge is 0.224 e. The van der Waals surface area contributed by atoms with E-state index in [1.807, 2.05) is 13.8 Å². The molecule has 1 heterocycles. The van der Waals surface area contributed by atoms with Crippen LogP contribution in [0.25, 0.3) is 0 Å². The molecule has 0 aromatic rings. The number of rotatable bonds is 5. The average molecular weight is 241 g/mol. The number of carbonyl (C=O) groups excluding carboxylic acids is 2. The van der Waals surface area contributed by atoms with Gasteiger partial charge in [-0.05, 0) is 19.4 Å². The Hall–Kier alpha value is -1.10. The molecule has 1 saturated heterocycles. The Morgan fingerprint density at radius 2 is 2.00 bits per heavy atom. The maximum absolute atomic E-state index is 11.7. The van der Waals surface area contributed by atoms with E-state index in [2.05, 4.69) is 16.0 Å². The maximum Gasteiger partial charge on any atom is 0.224 e. The van der Waals surface area contributed by atoms with E-state index in [0.29, 0.717) is 13.1 Å². The van der Waals surface area contributed by atoms with E-state index >= 15 is 0 Å². The first-order valence-corrected chi connectivity index (χ1v) is 6.37. The van der Waals surface area contributed by atoms with Crippen LogP contribution in [0.5, 0.6) is 0 Å². The van der Waals surface area contributed by atoms with Crippen molar-refractivity contribution in [3.63, 3.8) is 0 Å². The van der Waals surface area contributed by atoms with Crippen molar-refractivity contribution in [1.82, 2.24) is 16.0 Å². The van der Waals surface area contributed by atoms with Crippen LogP contribution >= 0.6 is 0 Å². The summed E-state index contributed by atoms with van der Waals surface area (Å²) in [6.45, 7) is 6.48. The van der Waals surface area contributed by atoms with Crippen molar-refractivity contribution in [3.05, 3.63) is 0 Å². The molecule has 1 rings (SSSR count). The largest absolute Gasteiger partial charge is 0.354 e. The second-order valence-corrected chi connectivity index (χ2v) is 4.78. The number of piperidine rings is 1. The number of hydrogen-bond donors (Lipinski definition) is 3. The summed E-state index contributed by atoms with van der Waals surface area (Å²) in [4.78, 5) is 23.0. The highest BCUT2D eigenvalue weighted by molar-refractivity contribution is 5.79. The second-order valence-electron chi connectivity index (χ2n) is 4.78. The van der Waals surface area contributed by atoms with E-state index < -0.39 is 0 Å². The maximum atomic E-state index is 11.7. The summed E-state index contributed by atoms with van der Waals surface area (Å²) >= 11 is 0. The molecule has 1 aliphatic heterocycles. The molecule has 1 fully saturated rings. The highest BCUT2D eigenvalue weighted by Crippen LogP contribution is 2.09. The van der Waals surface area contributed by atoms with Crippen LogP contribution in [0.15, 0.2) is 0 Å². The Morgan fingerprint density at radius 1 is 1.29 bits per heavy atom. The Morgan fingerprint density at radius 3 is 2.59 bits per heavy atom. The van der Waals surface area contributed by atoms with E-state index in [-0.39, 0.29) is 23.7 Å². The summed E-state index contributed by atoms with van der Waals surface area (Å²) < 4.78 is 0. The van der Waals surface area contributed by atoms with Gasteiger partial charge in [-0.25, -0.2) is 0 Å². The van der Waals surface area contributed by atoms with Gasteiger partial charge in [0.05, 0.1) is 5.92 Å². The van der Waals surface area contributed by atoms with Crippen molar-refractivity contribution in [3.8, 4) is 0 Å². The topological polar surface area (TPSA) is 70.2 Å². The van der Waals surface area contributed by atoms with Crippen molar-refractivity contribution in [2.75, 3.05) is 26.2 Å². The first-order chi connectivity index (χ1) is 8.11. The lowest BCUT2D eigenvalue weighted by atomic mass is 9.99. The highest BCUT2D eigenvalue weighted by atomic mass is 16.2. The number of amides is 2. The zero-order valence-electron chi connectivity index (χ0n) is 10.7. The number of nitrogens with one attached hydrogen (secondary N) is 3. The second kappa shape index (κ2) is 7.27. The van der Waals surface area contributed by atoms with Gasteiger partial charge in [-0.15, -0.1) is 0 Å². The summed E-state index contributed by atoms with van der Waals surface area (Å²) in [5.41, 5.74) is 0. The standard InChI is InChI=1S/C12H23N3O2/c1-9(2)11(16)14-6-7-15-12(17)10-4-3-5-13-8-10/h9-10,13H,3-8H2,1-2H3,(H,14,16)(H,15,17). The van der Waals surface area contributed by atoms with Crippen LogP contribution in [0.4, 0.5) is 0 Å². The third kappa shape index (κ3) is 5.17. The van der Waals surface area contributed by atoms with Gasteiger partial charge >= 0.3 is 0 Å². The third-order valence-corrected chi connectivity index (χ3v) is 2.92. The minimum absolute atomic E-state index is 0.00625. The number of hydrogen-bond acceptors (Lipinski definition) is 3. The van der Waals surface area contributed by atoms with Gasteiger partial charge in [-0.3, -0.25) is 9.59 Å². The summed E-state index contributed by atoms with van der Waals surface area (Å²) in [5, 5.41) is 8.83. The van der Waals surface area contributed by atoms with Gasteiger partial charge in [-0.1, -0.05) is 13.8 Å². The van der Waals surface area contributed by atoms with E-state index in [4.69, 9.17) is 0 Å². The Bertz CT molecular complexity index is 260. The van der Waals surface area contributed by atoms with Crippen LogP contribution in [-0.2, 0) is 9.59 Å². The predicted octanol–water partition coefficient (Wildman–Crippen LogP) is -0.126. The van der Waals surface area contributed by atoms with Gasteiger partial charge in [-0.2, -0.15) is 0 Å². The molecular weight excluding hydrogens is 218 g/mol. The minimum atomic E-state index is -0.00625. The molecule has 1 atom stereocenters. The molecular formula is C12H23N3O2. The molecule has 2 amide bonds. The molecule has 5 heteroatoms. The van der Waals surface area contributed by atoms with Crippen LogP contribution < -0.4 is 16.0 Å². The first-order valence-electron chi connectivity index (χ1n) is 6.37. The molecule has 0 aromatic heterocycles. The molecule has 0 radical (unpaired) electrons. The first kappa shape index (κ1) is 14.0. The fourth-order valence-electron chi connectivity index (χ4n) is 1.80. The molecule has 17 heavy (non-hydrogen) atoms. The lowest BCUT2D eigenvalue weighted by Crippen LogP contribution is -2.43. The van der Waals surface area contributed by atoms with Gasteiger partial charge in [0.2, 0.25) is 11.8 Å². The van der Waals surface area contributed by atoms with Crippen molar-refractivity contribution in [1.29, 1.82) is 0 Å². The van der Waals surface area contributed by atoms with Gasteiger partial charge < -0.3 is 16.0 Å². The molecule has 5 nitrogen and oxygen atoms in total. The van der Waals surface area contributed by atoms with Crippen LogP contribution in [-0.4, -0.2) is 38.0 Å². The summed E-state index contributed by atoms with van der Waals surface area (Å²) in [6.07, 6.45) is 2.01. The lowest BCUT2D eigenvalue weighted by molar-refractivity contribution is -0.126. The Kier molecular flexibility index (Phi) is 5.97. The van der Waals surface area contributed by atoms with Crippen molar-refractivity contribution >= 4 is 11.8 Å².